The summed E-state index contributed by atoms with van der Waals surface area (Å²) in [6.07, 6.45) is 4.19. The van der Waals surface area contributed by atoms with Crippen molar-refractivity contribution < 1.29 is 13.2 Å². The zero-order valence-electron chi connectivity index (χ0n) is 13.1. The van der Waals surface area contributed by atoms with Gasteiger partial charge in [-0.1, -0.05) is 0 Å². The highest BCUT2D eigenvalue weighted by molar-refractivity contribution is 7.92. The fourth-order valence-electron chi connectivity index (χ4n) is 2.63. The van der Waals surface area contributed by atoms with Gasteiger partial charge in [-0.05, 0) is 30.7 Å². The SMILES string of the molecule is COC1CCN(c2ccc(NS(=O)(=O)c3cn(C)cn3)cc2)C1. The third-order valence-electron chi connectivity index (χ3n) is 3.92. The van der Waals surface area contributed by atoms with Crippen LogP contribution in [0, 0.1) is 0 Å². The van der Waals surface area contributed by atoms with Gasteiger partial charge in [-0.2, -0.15) is 8.42 Å². The van der Waals surface area contributed by atoms with Crippen LogP contribution in [0.25, 0.3) is 0 Å². The minimum Gasteiger partial charge on any atom is -0.380 e. The van der Waals surface area contributed by atoms with Crippen molar-refractivity contribution in [1.82, 2.24) is 9.55 Å². The minimum atomic E-state index is -3.65. The van der Waals surface area contributed by atoms with E-state index in [-0.39, 0.29) is 11.1 Å². The predicted octanol–water partition coefficient (Wildman–Crippen LogP) is 1.45. The van der Waals surface area contributed by atoms with Crippen molar-refractivity contribution >= 4 is 21.4 Å². The Labute approximate surface area is 135 Å². The van der Waals surface area contributed by atoms with Gasteiger partial charge in [-0.15, -0.1) is 0 Å². The molecule has 0 amide bonds. The summed E-state index contributed by atoms with van der Waals surface area (Å²) in [5.41, 5.74) is 1.58. The number of anilines is 2. The molecule has 124 valence electrons. The summed E-state index contributed by atoms with van der Waals surface area (Å²) in [5.74, 6) is 0. The number of hydrogen-bond donors (Lipinski definition) is 1. The fourth-order valence-corrected chi connectivity index (χ4v) is 3.67. The molecular weight excluding hydrogens is 316 g/mol. The van der Waals surface area contributed by atoms with Gasteiger partial charge in [0.15, 0.2) is 5.03 Å². The van der Waals surface area contributed by atoms with E-state index in [1.54, 1.807) is 30.9 Å². The van der Waals surface area contributed by atoms with E-state index < -0.39 is 10.0 Å². The van der Waals surface area contributed by atoms with E-state index in [1.807, 2.05) is 12.1 Å². The number of hydrogen-bond acceptors (Lipinski definition) is 5. The van der Waals surface area contributed by atoms with Crippen molar-refractivity contribution in [1.29, 1.82) is 0 Å². The first-order valence-corrected chi connectivity index (χ1v) is 8.85. The summed E-state index contributed by atoms with van der Waals surface area (Å²) in [6.45, 7) is 1.80. The second-order valence-corrected chi connectivity index (χ2v) is 7.25. The number of ether oxygens (including phenoxy) is 1. The quantitative estimate of drug-likeness (QED) is 0.894. The van der Waals surface area contributed by atoms with Gasteiger partial charge in [0.25, 0.3) is 10.0 Å². The number of benzene rings is 1. The molecule has 0 spiro atoms. The van der Waals surface area contributed by atoms with E-state index in [0.717, 1.165) is 25.2 Å². The van der Waals surface area contributed by atoms with Gasteiger partial charge >= 0.3 is 0 Å². The molecule has 2 heterocycles. The molecule has 1 aliphatic heterocycles. The van der Waals surface area contributed by atoms with Crippen LogP contribution >= 0.6 is 0 Å². The Morgan fingerprint density at radius 2 is 2.04 bits per heavy atom. The van der Waals surface area contributed by atoms with Gasteiger partial charge in [0.2, 0.25) is 0 Å². The zero-order valence-corrected chi connectivity index (χ0v) is 14.0. The number of nitrogens with zero attached hydrogens (tertiary/aromatic N) is 3. The highest BCUT2D eigenvalue weighted by Gasteiger charge is 2.22. The first kappa shape index (κ1) is 15.8. The summed E-state index contributed by atoms with van der Waals surface area (Å²) in [7, 11) is -0.200. The van der Waals surface area contributed by atoms with Gasteiger partial charge in [-0.25, -0.2) is 4.98 Å². The fraction of sp³-hybridized carbons (Fsp3) is 0.400. The average molecular weight is 336 g/mol. The second kappa shape index (κ2) is 6.21. The molecule has 0 bridgehead atoms. The van der Waals surface area contributed by atoms with E-state index in [4.69, 9.17) is 4.74 Å². The number of nitrogens with one attached hydrogen (secondary N) is 1. The van der Waals surface area contributed by atoms with Crippen LogP contribution < -0.4 is 9.62 Å². The summed E-state index contributed by atoms with van der Waals surface area (Å²) >= 11 is 0. The average Bonchev–Trinajstić information content (AvgIpc) is 3.16. The number of aromatic nitrogens is 2. The molecule has 0 aliphatic carbocycles. The Morgan fingerprint density at radius 1 is 1.30 bits per heavy atom. The lowest BCUT2D eigenvalue weighted by Gasteiger charge is -2.18. The molecule has 0 radical (unpaired) electrons. The number of sulfonamides is 1. The largest absolute Gasteiger partial charge is 0.380 e. The summed E-state index contributed by atoms with van der Waals surface area (Å²) in [4.78, 5) is 6.10. The van der Waals surface area contributed by atoms with Crippen molar-refractivity contribution in [2.24, 2.45) is 7.05 Å². The van der Waals surface area contributed by atoms with Crippen LogP contribution in [0.1, 0.15) is 6.42 Å². The van der Waals surface area contributed by atoms with Crippen LogP contribution in [0.5, 0.6) is 0 Å². The van der Waals surface area contributed by atoms with Crippen molar-refractivity contribution in [2.45, 2.75) is 17.6 Å². The molecule has 1 aromatic heterocycles. The molecule has 1 atom stereocenters. The number of methoxy groups -OCH3 is 1. The molecule has 1 N–H and O–H groups in total. The second-order valence-electron chi connectivity index (χ2n) is 5.62. The molecule has 1 fully saturated rings. The highest BCUT2D eigenvalue weighted by Crippen LogP contribution is 2.24. The van der Waals surface area contributed by atoms with Crippen LogP contribution in [-0.4, -0.2) is 44.3 Å². The maximum atomic E-state index is 12.2. The molecule has 8 heteroatoms. The topological polar surface area (TPSA) is 76.5 Å². The Bertz CT molecular complexity index is 770. The Hall–Kier alpha value is -2.06. The monoisotopic (exact) mass is 336 g/mol. The minimum absolute atomic E-state index is 0.00607. The third-order valence-corrected chi connectivity index (χ3v) is 5.19. The first-order chi connectivity index (χ1) is 11.0. The number of rotatable bonds is 5. The van der Waals surface area contributed by atoms with Gasteiger partial charge in [0, 0.05) is 44.8 Å². The van der Waals surface area contributed by atoms with E-state index >= 15 is 0 Å². The maximum Gasteiger partial charge on any atom is 0.280 e. The third kappa shape index (κ3) is 3.48. The lowest BCUT2D eigenvalue weighted by Crippen LogP contribution is -2.22. The molecule has 2 aromatic rings. The maximum absolute atomic E-state index is 12.2. The molecular formula is C15H20N4O3S. The van der Waals surface area contributed by atoms with Crippen LogP contribution in [0.2, 0.25) is 0 Å². The molecule has 0 saturated carbocycles. The van der Waals surface area contributed by atoms with Crippen molar-refractivity contribution in [2.75, 3.05) is 29.8 Å². The normalized spacial score (nSPS) is 18.3. The van der Waals surface area contributed by atoms with E-state index in [2.05, 4.69) is 14.6 Å². The first-order valence-electron chi connectivity index (χ1n) is 7.36. The Balaban J connectivity index is 1.70. The lowest BCUT2D eigenvalue weighted by molar-refractivity contribution is 0.121. The Kier molecular flexibility index (Phi) is 4.27. The van der Waals surface area contributed by atoms with Crippen molar-refractivity contribution in [3.63, 3.8) is 0 Å². The predicted molar refractivity (Wildman–Crippen MR) is 88.1 cm³/mol. The van der Waals surface area contributed by atoms with Crippen LogP contribution in [-0.2, 0) is 21.8 Å². The van der Waals surface area contributed by atoms with Gasteiger partial charge in [-0.3, -0.25) is 4.72 Å². The smallest absolute Gasteiger partial charge is 0.280 e. The van der Waals surface area contributed by atoms with Gasteiger partial charge in [0.1, 0.15) is 0 Å². The zero-order chi connectivity index (χ0) is 16.4. The molecule has 1 saturated heterocycles. The van der Waals surface area contributed by atoms with Crippen molar-refractivity contribution in [3.05, 3.63) is 36.8 Å². The molecule has 3 rings (SSSR count). The molecule has 1 aromatic carbocycles. The summed E-state index contributed by atoms with van der Waals surface area (Å²) in [6, 6.07) is 7.34. The molecule has 1 unspecified atom stereocenters. The van der Waals surface area contributed by atoms with Crippen LogP contribution in [0.15, 0.2) is 41.8 Å². The molecule has 7 nitrogen and oxygen atoms in total. The van der Waals surface area contributed by atoms with E-state index in [0.29, 0.717) is 5.69 Å². The molecule has 23 heavy (non-hydrogen) atoms. The number of imidazole rings is 1. The van der Waals surface area contributed by atoms with Gasteiger partial charge in [0.05, 0.1) is 12.4 Å². The van der Waals surface area contributed by atoms with Crippen LogP contribution in [0.3, 0.4) is 0 Å². The lowest BCUT2D eigenvalue weighted by atomic mass is 10.2. The number of aryl methyl sites for hydroxylation is 1. The summed E-state index contributed by atoms with van der Waals surface area (Å²) in [5, 5.41) is 0.00607. The summed E-state index contributed by atoms with van der Waals surface area (Å²) < 4.78 is 33.9. The molecule has 1 aliphatic rings. The van der Waals surface area contributed by atoms with Crippen molar-refractivity contribution in [3.8, 4) is 0 Å². The van der Waals surface area contributed by atoms with Crippen LogP contribution in [0.4, 0.5) is 11.4 Å². The van der Waals surface area contributed by atoms with E-state index in [9.17, 15) is 8.42 Å². The van der Waals surface area contributed by atoms with E-state index in [1.165, 1.54) is 12.5 Å². The standard InChI is InChI=1S/C15H20N4O3S/c1-18-10-15(16-11-18)23(20,21)17-12-3-5-13(6-4-12)19-8-7-14(9-19)22-2/h3-6,10-11,14,17H,7-9H2,1-2H3. The Morgan fingerprint density at radius 3 is 2.61 bits per heavy atom. The van der Waals surface area contributed by atoms with Gasteiger partial charge < -0.3 is 14.2 Å². The highest BCUT2D eigenvalue weighted by atomic mass is 32.2.